The van der Waals surface area contributed by atoms with Gasteiger partial charge in [-0.3, -0.25) is 9.59 Å². The maximum absolute atomic E-state index is 12.7. The van der Waals surface area contributed by atoms with E-state index in [1.165, 1.54) is 0 Å². The van der Waals surface area contributed by atoms with E-state index in [9.17, 15) is 9.59 Å². The Kier molecular flexibility index (Phi) is 3.26. The van der Waals surface area contributed by atoms with Crippen LogP contribution in [0.4, 0.5) is 0 Å². The van der Waals surface area contributed by atoms with Crippen molar-refractivity contribution in [3.63, 3.8) is 0 Å². The summed E-state index contributed by atoms with van der Waals surface area (Å²) < 4.78 is 6.34. The van der Waals surface area contributed by atoms with Gasteiger partial charge in [-0.15, -0.1) is 0 Å². The molecule has 1 aromatic rings. The van der Waals surface area contributed by atoms with Crippen LogP contribution in [0.15, 0.2) is 24.3 Å². The number of Topliss-reactive ketones (excluding diaryl/α,β-unsaturated/α-hetero) is 1. The van der Waals surface area contributed by atoms with Crippen LogP contribution >= 0.6 is 0 Å². The molecule has 4 rings (SSSR count). The number of hydrogen-bond acceptors (Lipinski definition) is 3. The zero-order valence-electron chi connectivity index (χ0n) is 13.7. The molecule has 2 fully saturated rings. The number of fused-ring (bicyclic) bond motifs is 3. The van der Waals surface area contributed by atoms with Gasteiger partial charge in [0, 0.05) is 24.9 Å². The van der Waals surface area contributed by atoms with Gasteiger partial charge in [0.05, 0.1) is 12.0 Å². The van der Waals surface area contributed by atoms with E-state index >= 15 is 0 Å². The lowest BCUT2D eigenvalue weighted by molar-refractivity contribution is -0.134. The molecule has 0 saturated heterocycles. The Morgan fingerprint density at radius 3 is 2.78 bits per heavy atom. The largest absolute Gasteiger partial charge is 0.486 e. The normalized spacial score (nSPS) is 33.8. The first-order chi connectivity index (χ1) is 11.1. The second-order valence-corrected chi connectivity index (χ2v) is 7.03. The molecule has 122 valence electrons. The molecule has 1 heterocycles. The smallest absolute Gasteiger partial charge is 0.226 e. The molecule has 2 aliphatic carbocycles. The lowest BCUT2D eigenvalue weighted by Crippen LogP contribution is -2.45. The first-order valence-corrected chi connectivity index (χ1v) is 8.71. The number of ketones is 1. The van der Waals surface area contributed by atoms with Crippen molar-refractivity contribution < 1.29 is 14.3 Å². The van der Waals surface area contributed by atoms with Gasteiger partial charge in [0.1, 0.15) is 11.4 Å². The van der Waals surface area contributed by atoms with E-state index < -0.39 is 5.60 Å². The summed E-state index contributed by atoms with van der Waals surface area (Å²) in [6, 6.07) is 7.50. The minimum atomic E-state index is -0.441. The quantitative estimate of drug-likeness (QED) is 0.862. The summed E-state index contributed by atoms with van der Waals surface area (Å²) in [7, 11) is 0. The monoisotopic (exact) mass is 313 g/mol. The Bertz CT molecular complexity index is 666. The predicted octanol–water partition coefficient (Wildman–Crippen LogP) is 2.92. The highest BCUT2D eigenvalue weighted by atomic mass is 16.5. The second kappa shape index (κ2) is 5.08. The van der Waals surface area contributed by atoms with Crippen LogP contribution in [0.5, 0.6) is 5.75 Å². The SMILES string of the molecule is CCN(CC)C(=O)[C@@H]1[C@H]2CC[C@@]3(CC(=O)c4ccccc4O3)[C@@H]21. The molecule has 4 heteroatoms. The third-order valence-electron chi connectivity index (χ3n) is 6.00. The van der Waals surface area contributed by atoms with E-state index in [1.54, 1.807) is 0 Å². The van der Waals surface area contributed by atoms with E-state index in [1.807, 2.05) is 43.0 Å². The van der Waals surface area contributed by atoms with Crippen molar-refractivity contribution in [1.82, 2.24) is 4.90 Å². The molecule has 0 N–H and O–H groups in total. The molecule has 4 atom stereocenters. The fraction of sp³-hybridized carbons (Fsp3) is 0.579. The molecule has 23 heavy (non-hydrogen) atoms. The number of rotatable bonds is 3. The Morgan fingerprint density at radius 2 is 2.04 bits per heavy atom. The van der Waals surface area contributed by atoms with Crippen LogP contribution in [0.3, 0.4) is 0 Å². The number of amides is 1. The van der Waals surface area contributed by atoms with Gasteiger partial charge in [-0.1, -0.05) is 12.1 Å². The molecule has 3 aliphatic rings. The van der Waals surface area contributed by atoms with Gasteiger partial charge >= 0.3 is 0 Å². The fourth-order valence-electron chi connectivity index (χ4n) is 4.84. The second-order valence-electron chi connectivity index (χ2n) is 7.03. The summed E-state index contributed by atoms with van der Waals surface area (Å²) in [4.78, 5) is 27.2. The van der Waals surface area contributed by atoms with Crippen LogP contribution in [0.1, 0.15) is 43.5 Å². The van der Waals surface area contributed by atoms with E-state index in [4.69, 9.17) is 4.74 Å². The van der Waals surface area contributed by atoms with Crippen LogP contribution in [0.2, 0.25) is 0 Å². The maximum Gasteiger partial charge on any atom is 0.226 e. The van der Waals surface area contributed by atoms with Crippen molar-refractivity contribution in [3.05, 3.63) is 29.8 Å². The van der Waals surface area contributed by atoms with E-state index in [0.717, 1.165) is 25.9 Å². The summed E-state index contributed by atoms with van der Waals surface area (Å²) in [6.07, 6.45) is 2.31. The first-order valence-electron chi connectivity index (χ1n) is 8.71. The number of carbonyl (C=O) groups is 2. The number of benzene rings is 1. The van der Waals surface area contributed by atoms with Gasteiger partial charge in [-0.25, -0.2) is 0 Å². The molecule has 4 nitrogen and oxygen atoms in total. The number of carbonyl (C=O) groups excluding carboxylic acids is 2. The molecule has 0 bridgehead atoms. The van der Waals surface area contributed by atoms with Crippen molar-refractivity contribution in [2.24, 2.45) is 17.8 Å². The molecule has 0 unspecified atom stereocenters. The van der Waals surface area contributed by atoms with Crippen LogP contribution < -0.4 is 4.74 Å². The number of nitrogens with zero attached hydrogens (tertiary/aromatic N) is 1. The summed E-state index contributed by atoms with van der Waals surface area (Å²) in [5, 5.41) is 0. The third kappa shape index (κ3) is 2.03. The van der Waals surface area contributed by atoms with Crippen LogP contribution in [-0.4, -0.2) is 35.3 Å². The number of ether oxygens (including phenoxy) is 1. The Labute approximate surface area is 136 Å². The summed E-state index contributed by atoms with van der Waals surface area (Å²) in [6.45, 7) is 5.54. The van der Waals surface area contributed by atoms with Crippen molar-refractivity contribution in [3.8, 4) is 5.75 Å². The van der Waals surface area contributed by atoms with Gasteiger partial charge in [-0.2, -0.15) is 0 Å². The summed E-state index contributed by atoms with van der Waals surface area (Å²) in [5.74, 6) is 1.79. The number of hydrogen-bond donors (Lipinski definition) is 0. The average molecular weight is 313 g/mol. The van der Waals surface area contributed by atoms with Gasteiger partial charge < -0.3 is 9.64 Å². The van der Waals surface area contributed by atoms with Crippen molar-refractivity contribution in [2.75, 3.05) is 13.1 Å². The highest BCUT2D eigenvalue weighted by Crippen LogP contribution is 2.66. The lowest BCUT2D eigenvalue weighted by Gasteiger charge is -2.37. The van der Waals surface area contributed by atoms with Gasteiger partial charge in [0.2, 0.25) is 5.91 Å². The molecule has 1 aromatic carbocycles. The Hall–Kier alpha value is -1.84. The van der Waals surface area contributed by atoms with Gasteiger partial charge in [-0.05, 0) is 44.7 Å². The number of para-hydroxylation sites is 1. The van der Waals surface area contributed by atoms with Crippen molar-refractivity contribution in [2.45, 2.75) is 38.7 Å². The van der Waals surface area contributed by atoms with Crippen LogP contribution in [0, 0.1) is 17.8 Å². The average Bonchev–Trinajstić information content (AvgIpc) is 3.20. The first kappa shape index (κ1) is 14.7. The van der Waals surface area contributed by atoms with E-state index in [2.05, 4.69) is 0 Å². The molecular weight excluding hydrogens is 290 g/mol. The van der Waals surface area contributed by atoms with E-state index in [-0.39, 0.29) is 23.5 Å². The molecule has 2 saturated carbocycles. The summed E-state index contributed by atoms with van der Waals surface area (Å²) in [5.41, 5.74) is 0.248. The molecule has 0 radical (unpaired) electrons. The maximum atomic E-state index is 12.7. The third-order valence-corrected chi connectivity index (χ3v) is 6.00. The Morgan fingerprint density at radius 1 is 1.30 bits per heavy atom. The highest BCUT2D eigenvalue weighted by molar-refractivity contribution is 6.00. The molecule has 1 amide bonds. The topological polar surface area (TPSA) is 46.6 Å². The van der Waals surface area contributed by atoms with Crippen molar-refractivity contribution in [1.29, 1.82) is 0 Å². The minimum Gasteiger partial charge on any atom is -0.486 e. The minimum absolute atomic E-state index is 0.0571. The molecule has 1 aliphatic heterocycles. The summed E-state index contributed by atoms with van der Waals surface area (Å²) >= 11 is 0. The zero-order chi connectivity index (χ0) is 16.2. The van der Waals surface area contributed by atoms with Crippen LogP contribution in [-0.2, 0) is 4.79 Å². The standard InChI is InChI=1S/C19H23NO3/c1-3-20(4-2)18(22)16-13-9-10-19(17(13)16)11-14(21)12-7-5-6-8-15(12)23-19/h5-8,13,16-17H,3-4,9-11H2,1-2H3/t13-,16-,17+,19-/m1/s1. The Balaban J connectivity index is 1.60. The van der Waals surface area contributed by atoms with Crippen molar-refractivity contribution >= 4 is 11.7 Å². The van der Waals surface area contributed by atoms with Crippen LogP contribution in [0.25, 0.3) is 0 Å². The lowest BCUT2D eigenvalue weighted by atomic mass is 9.84. The van der Waals surface area contributed by atoms with Gasteiger partial charge in [0.25, 0.3) is 0 Å². The predicted molar refractivity (Wildman–Crippen MR) is 86.4 cm³/mol. The molecule has 1 spiro atoms. The molecule has 0 aromatic heterocycles. The fourth-order valence-corrected chi connectivity index (χ4v) is 4.84. The molecular formula is C19H23NO3. The van der Waals surface area contributed by atoms with E-state index in [0.29, 0.717) is 23.7 Å². The van der Waals surface area contributed by atoms with Gasteiger partial charge in [0.15, 0.2) is 5.78 Å². The highest BCUT2D eigenvalue weighted by Gasteiger charge is 2.70. The zero-order valence-corrected chi connectivity index (χ0v) is 13.7.